The number of hydrogen-bond donors (Lipinski definition) is 2. The van der Waals surface area contributed by atoms with Crippen molar-refractivity contribution in [3.05, 3.63) is 64.7 Å². The number of aryl methyl sites for hydroxylation is 2. The zero-order valence-electron chi connectivity index (χ0n) is 13.2. The van der Waals surface area contributed by atoms with Crippen LogP contribution in [0.15, 0.2) is 42.5 Å². The van der Waals surface area contributed by atoms with Crippen LogP contribution in [-0.2, 0) is 30.5 Å². The normalized spacial score (nSPS) is 12.3. The van der Waals surface area contributed by atoms with Gasteiger partial charge in [0.1, 0.15) is 0 Å². The third-order valence-corrected chi connectivity index (χ3v) is 4.24. The molecule has 0 atom stereocenters. The standard InChI is InChI=1S/C19H22N2O.ClH/c20-18-8-5-14(6-9-18)10-11-21-19(22)13-15-4-7-16-2-1-3-17(16)12-15;/h4-9,12H,1-3,10-11,13,20H2,(H,21,22);1H. The molecule has 3 rings (SSSR count). The van der Waals surface area contributed by atoms with Gasteiger partial charge in [0.25, 0.3) is 0 Å². The van der Waals surface area contributed by atoms with E-state index >= 15 is 0 Å². The van der Waals surface area contributed by atoms with Gasteiger partial charge in [0.15, 0.2) is 0 Å². The fraction of sp³-hybridized carbons (Fsp3) is 0.316. The summed E-state index contributed by atoms with van der Waals surface area (Å²) in [6.07, 6.45) is 4.88. The van der Waals surface area contributed by atoms with Gasteiger partial charge in [-0.3, -0.25) is 4.79 Å². The number of nitrogens with one attached hydrogen (secondary N) is 1. The number of hydrogen-bond acceptors (Lipinski definition) is 2. The highest BCUT2D eigenvalue weighted by Gasteiger charge is 2.12. The van der Waals surface area contributed by atoms with E-state index in [2.05, 4.69) is 23.5 Å². The number of fused-ring (bicyclic) bond motifs is 1. The number of halogens is 1. The molecule has 2 aromatic carbocycles. The molecule has 3 nitrogen and oxygen atoms in total. The van der Waals surface area contributed by atoms with Crippen molar-refractivity contribution in [2.45, 2.75) is 32.1 Å². The molecule has 0 unspecified atom stereocenters. The lowest BCUT2D eigenvalue weighted by atomic mass is 10.0. The van der Waals surface area contributed by atoms with Gasteiger partial charge in [-0.1, -0.05) is 30.3 Å². The van der Waals surface area contributed by atoms with Crippen molar-refractivity contribution in [1.82, 2.24) is 5.32 Å². The topological polar surface area (TPSA) is 55.1 Å². The molecule has 122 valence electrons. The number of benzene rings is 2. The average molecular weight is 331 g/mol. The predicted octanol–water partition coefficient (Wildman–Crippen LogP) is 3.08. The summed E-state index contributed by atoms with van der Waals surface area (Å²) in [5.74, 6) is 0.0911. The van der Waals surface area contributed by atoms with E-state index in [4.69, 9.17) is 5.73 Å². The van der Waals surface area contributed by atoms with Crippen LogP contribution in [0.3, 0.4) is 0 Å². The molecule has 0 aliphatic heterocycles. The largest absolute Gasteiger partial charge is 0.399 e. The maximum atomic E-state index is 12.0. The SMILES string of the molecule is Cl.Nc1ccc(CCNC(=O)Cc2ccc3c(c2)CCC3)cc1. The molecule has 1 aliphatic rings. The Balaban J connectivity index is 0.00000192. The van der Waals surface area contributed by atoms with E-state index in [0.717, 1.165) is 24.1 Å². The fourth-order valence-electron chi connectivity index (χ4n) is 3.01. The first-order valence-electron chi connectivity index (χ1n) is 7.92. The van der Waals surface area contributed by atoms with Gasteiger partial charge >= 0.3 is 0 Å². The molecule has 1 aliphatic carbocycles. The summed E-state index contributed by atoms with van der Waals surface area (Å²) < 4.78 is 0. The molecule has 23 heavy (non-hydrogen) atoms. The number of nitrogens with two attached hydrogens (primary N) is 1. The Bertz CT molecular complexity index is 668. The number of nitrogen functional groups attached to an aromatic ring is 1. The van der Waals surface area contributed by atoms with Crippen molar-refractivity contribution >= 4 is 24.0 Å². The summed E-state index contributed by atoms with van der Waals surface area (Å²) in [5, 5.41) is 2.99. The summed E-state index contributed by atoms with van der Waals surface area (Å²) in [4.78, 5) is 12.0. The second kappa shape index (κ2) is 8.02. The number of carbonyl (C=O) groups excluding carboxylic acids is 1. The molecule has 2 aromatic rings. The van der Waals surface area contributed by atoms with E-state index in [0.29, 0.717) is 13.0 Å². The molecule has 0 aromatic heterocycles. The molecular formula is C19H23ClN2O. The van der Waals surface area contributed by atoms with Crippen LogP contribution in [0.2, 0.25) is 0 Å². The van der Waals surface area contributed by atoms with E-state index in [9.17, 15) is 4.79 Å². The monoisotopic (exact) mass is 330 g/mol. The Morgan fingerprint density at radius 2 is 1.70 bits per heavy atom. The number of rotatable bonds is 5. The molecule has 0 bridgehead atoms. The van der Waals surface area contributed by atoms with Crippen LogP contribution < -0.4 is 11.1 Å². The third kappa shape index (κ3) is 4.73. The Morgan fingerprint density at radius 3 is 2.48 bits per heavy atom. The first-order valence-corrected chi connectivity index (χ1v) is 7.92. The molecule has 3 N–H and O–H groups in total. The van der Waals surface area contributed by atoms with Crippen molar-refractivity contribution < 1.29 is 4.79 Å². The van der Waals surface area contributed by atoms with Crippen molar-refractivity contribution in [2.24, 2.45) is 0 Å². The van der Waals surface area contributed by atoms with Crippen LogP contribution in [0.5, 0.6) is 0 Å². The summed E-state index contributed by atoms with van der Waals surface area (Å²) >= 11 is 0. The quantitative estimate of drug-likeness (QED) is 0.828. The van der Waals surface area contributed by atoms with Gasteiger partial charge < -0.3 is 11.1 Å². The highest BCUT2D eigenvalue weighted by molar-refractivity contribution is 5.85. The third-order valence-electron chi connectivity index (χ3n) is 4.24. The van der Waals surface area contributed by atoms with Crippen molar-refractivity contribution in [3.8, 4) is 0 Å². The summed E-state index contributed by atoms with van der Waals surface area (Å²) in [6.45, 7) is 0.660. The zero-order valence-corrected chi connectivity index (χ0v) is 14.0. The minimum atomic E-state index is 0. The molecule has 0 spiro atoms. The lowest BCUT2D eigenvalue weighted by Gasteiger charge is -2.07. The second-order valence-corrected chi connectivity index (χ2v) is 5.97. The lowest BCUT2D eigenvalue weighted by molar-refractivity contribution is -0.120. The van der Waals surface area contributed by atoms with Gasteiger partial charge in [0.05, 0.1) is 6.42 Å². The van der Waals surface area contributed by atoms with E-state index in [1.54, 1.807) is 0 Å². The molecule has 0 saturated heterocycles. The molecule has 4 heteroatoms. The maximum absolute atomic E-state index is 12.0. The fourth-order valence-corrected chi connectivity index (χ4v) is 3.01. The number of amides is 1. The van der Waals surface area contributed by atoms with Crippen molar-refractivity contribution in [3.63, 3.8) is 0 Å². The van der Waals surface area contributed by atoms with Crippen LogP contribution >= 0.6 is 12.4 Å². The van der Waals surface area contributed by atoms with E-state index in [1.807, 2.05) is 24.3 Å². The Morgan fingerprint density at radius 1 is 1.00 bits per heavy atom. The van der Waals surface area contributed by atoms with Gasteiger partial charge in [-0.15, -0.1) is 12.4 Å². The Hall–Kier alpha value is -2.00. The number of carbonyl (C=O) groups is 1. The van der Waals surface area contributed by atoms with E-state index in [1.165, 1.54) is 29.5 Å². The Kier molecular flexibility index (Phi) is 6.05. The van der Waals surface area contributed by atoms with E-state index in [-0.39, 0.29) is 18.3 Å². The molecule has 0 radical (unpaired) electrons. The molecule has 0 fully saturated rings. The molecule has 1 amide bonds. The minimum Gasteiger partial charge on any atom is -0.399 e. The van der Waals surface area contributed by atoms with Gasteiger partial charge in [-0.25, -0.2) is 0 Å². The second-order valence-electron chi connectivity index (χ2n) is 5.97. The molecular weight excluding hydrogens is 308 g/mol. The average Bonchev–Trinajstić information content (AvgIpc) is 2.97. The highest BCUT2D eigenvalue weighted by atomic mass is 35.5. The smallest absolute Gasteiger partial charge is 0.224 e. The summed E-state index contributed by atoms with van der Waals surface area (Å²) in [6, 6.07) is 14.2. The minimum absolute atomic E-state index is 0. The Labute approximate surface area is 143 Å². The van der Waals surface area contributed by atoms with Crippen molar-refractivity contribution in [2.75, 3.05) is 12.3 Å². The van der Waals surface area contributed by atoms with Crippen LogP contribution in [0, 0.1) is 0 Å². The highest BCUT2D eigenvalue weighted by Crippen LogP contribution is 2.22. The van der Waals surface area contributed by atoms with Crippen molar-refractivity contribution in [1.29, 1.82) is 0 Å². The lowest BCUT2D eigenvalue weighted by Crippen LogP contribution is -2.27. The van der Waals surface area contributed by atoms with Gasteiger partial charge in [-0.2, -0.15) is 0 Å². The predicted molar refractivity (Wildman–Crippen MR) is 97.0 cm³/mol. The summed E-state index contributed by atoms with van der Waals surface area (Å²) in [5.41, 5.74) is 11.6. The molecule has 0 saturated carbocycles. The van der Waals surface area contributed by atoms with Gasteiger partial charge in [0.2, 0.25) is 5.91 Å². The molecule has 0 heterocycles. The van der Waals surface area contributed by atoms with Crippen LogP contribution in [0.1, 0.15) is 28.7 Å². The maximum Gasteiger partial charge on any atom is 0.224 e. The number of anilines is 1. The van der Waals surface area contributed by atoms with Gasteiger partial charge in [0, 0.05) is 12.2 Å². The van der Waals surface area contributed by atoms with Crippen LogP contribution in [-0.4, -0.2) is 12.5 Å². The van der Waals surface area contributed by atoms with Crippen LogP contribution in [0.25, 0.3) is 0 Å². The van der Waals surface area contributed by atoms with Gasteiger partial charge in [-0.05, 0) is 60.1 Å². The first kappa shape index (κ1) is 17.4. The zero-order chi connectivity index (χ0) is 15.4. The summed E-state index contributed by atoms with van der Waals surface area (Å²) in [7, 11) is 0. The first-order chi connectivity index (χ1) is 10.7. The van der Waals surface area contributed by atoms with Crippen LogP contribution in [0.4, 0.5) is 5.69 Å². The van der Waals surface area contributed by atoms with E-state index < -0.39 is 0 Å².